The van der Waals surface area contributed by atoms with Gasteiger partial charge in [-0.1, -0.05) is 31.2 Å². The van der Waals surface area contributed by atoms with Crippen molar-refractivity contribution in [2.24, 2.45) is 0 Å². The molecule has 0 radical (unpaired) electrons. The Morgan fingerprint density at radius 2 is 1.13 bits per heavy atom. The van der Waals surface area contributed by atoms with E-state index in [2.05, 4.69) is 39.0 Å². The second-order valence-electron chi connectivity index (χ2n) is 20.8. The number of hydrogen-bond acceptors (Lipinski definition) is 18. The number of anilines is 1. The summed E-state index contributed by atoms with van der Waals surface area (Å²) in [5, 5.41) is 38.2. The van der Waals surface area contributed by atoms with Crippen molar-refractivity contribution >= 4 is 35.4 Å². The largest absolute Gasteiger partial charge is 0.494 e. The van der Waals surface area contributed by atoms with Crippen LogP contribution in [-0.2, 0) is 50.8 Å². The van der Waals surface area contributed by atoms with Crippen molar-refractivity contribution in [3.8, 4) is 22.6 Å². The minimum absolute atomic E-state index is 0.0149. The fourth-order valence-electron chi connectivity index (χ4n) is 10.1. The van der Waals surface area contributed by atoms with Crippen LogP contribution in [0.4, 0.5) is 18.9 Å². The minimum Gasteiger partial charge on any atom is -0.494 e. The van der Waals surface area contributed by atoms with Crippen LogP contribution in [0, 0.1) is 0 Å². The van der Waals surface area contributed by atoms with Gasteiger partial charge in [0.05, 0.1) is 96.8 Å². The number of ether oxygens (including phenoxy) is 6. The summed E-state index contributed by atoms with van der Waals surface area (Å²) < 4.78 is 76.6. The zero-order valence-electron chi connectivity index (χ0n) is 50.1. The van der Waals surface area contributed by atoms with Gasteiger partial charge in [0.1, 0.15) is 11.5 Å². The predicted molar refractivity (Wildman–Crippen MR) is 317 cm³/mol. The molecule has 2 aliphatic heterocycles. The summed E-state index contributed by atoms with van der Waals surface area (Å²) in [6, 6.07) is 17.6. The second-order valence-corrected chi connectivity index (χ2v) is 20.8. The second kappa shape index (κ2) is 38.9. The normalized spacial score (nSPS) is 16.3. The van der Waals surface area contributed by atoms with E-state index in [9.17, 15) is 52.5 Å². The smallest absolute Gasteiger partial charge is 0.417 e. The third-order valence-electron chi connectivity index (χ3n) is 14.5. The molecule has 0 spiro atoms. The number of halogens is 3. The van der Waals surface area contributed by atoms with Crippen LogP contribution in [0.3, 0.4) is 0 Å². The molecule has 0 bridgehead atoms. The van der Waals surface area contributed by atoms with E-state index in [1.807, 2.05) is 43.0 Å². The molecule has 23 nitrogen and oxygen atoms in total. The molecule has 0 aliphatic carbocycles. The molecule has 5 rings (SSSR count). The van der Waals surface area contributed by atoms with Crippen LogP contribution in [0.5, 0.6) is 11.5 Å². The number of carbonyl (C=O) groups excluding carboxylic acids is 2. The first-order chi connectivity index (χ1) is 41.5. The van der Waals surface area contributed by atoms with Crippen LogP contribution in [-0.4, -0.2) is 266 Å². The molecule has 480 valence electrons. The molecule has 26 heteroatoms. The summed E-state index contributed by atoms with van der Waals surface area (Å²) in [6.45, 7) is 15.2. The van der Waals surface area contributed by atoms with Crippen LogP contribution < -0.4 is 30.3 Å². The van der Waals surface area contributed by atoms with Gasteiger partial charge in [0.25, 0.3) is 5.91 Å². The van der Waals surface area contributed by atoms with E-state index in [4.69, 9.17) is 28.4 Å². The molecule has 0 saturated carbocycles. The maximum absolute atomic E-state index is 14.2. The Morgan fingerprint density at radius 3 is 1.69 bits per heavy atom. The van der Waals surface area contributed by atoms with Gasteiger partial charge >= 0.3 is 24.1 Å². The maximum Gasteiger partial charge on any atom is 0.417 e. The number of nitrogens with one attached hydrogen (secondary N) is 3. The zero-order chi connectivity index (χ0) is 62.1. The Bertz CT molecular complexity index is 2500. The summed E-state index contributed by atoms with van der Waals surface area (Å²) >= 11 is 0. The van der Waals surface area contributed by atoms with Crippen molar-refractivity contribution in [3.63, 3.8) is 0 Å². The van der Waals surface area contributed by atoms with E-state index < -0.39 is 35.6 Å². The fourth-order valence-corrected chi connectivity index (χ4v) is 10.1. The summed E-state index contributed by atoms with van der Waals surface area (Å²) in [7, 11) is 0. The molecular formula is C60H90F3N9O14. The van der Waals surface area contributed by atoms with Gasteiger partial charge in [0.2, 0.25) is 5.91 Å². The number of piperazine rings is 1. The number of alkyl halides is 3. The molecule has 2 saturated heterocycles. The van der Waals surface area contributed by atoms with Gasteiger partial charge in [-0.05, 0) is 80.8 Å². The molecular weight excluding hydrogens is 1130 g/mol. The predicted octanol–water partition coefficient (Wildman–Crippen LogP) is 3.64. The number of rotatable bonds is 37. The Labute approximate surface area is 502 Å². The van der Waals surface area contributed by atoms with Gasteiger partial charge in [-0.25, -0.2) is 0 Å². The molecule has 0 unspecified atom stereocenters. The number of benzene rings is 3. The van der Waals surface area contributed by atoms with Gasteiger partial charge in [0, 0.05) is 122 Å². The number of carboxylic acids is 3. The van der Waals surface area contributed by atoms with E-state index in [-0.39, 0.29) is 95.4 Å². The number of aliphatic carboxylic acids is 3. The first kappa shape index (κ1) is 70.6. The maximum atomic E-state index is 14.2. The van der Waals surface area contributed by atoms with Crippen LogP contribution in [0.1, 0.15) is 55.1 Å². The molecule has 86 heavy (non-hydrogen) atoms. The van der Waals surface area contributed by atoms with Crippen LogP contribution >= 0.6 is 0 Å². The average Bonchev–Trinajstić information content (AvgIpc) is 1.06. The van der Waals surface area contributed by atoms with E-state index in [0.29, 0.717) is 118 Å². The average molecular weight is 1220 g/mol. The van der Waals surface area contributed by atoms with Crippen LogP contribution in [0.15, 0.2) is 60.7 Å². The van der Waals surface area contributed by atoms with Crippen molar-refractivity contribution in [1.82, 2.24) is 40.4 Å². The summed E-state index contributed by atoms with van der Waals surface area (Å²) in [4.78, 5) is 72.0. The standard InChI is InChI=1S/C60H90F3N9O14/c1-4-48-41-71(59(80)51-14-13-49(85-5-2)39-52(51)60(61,62)63)28-29-72(48)53-15-12-46(50-10-7-8-11-54(50)86-6-3)38-47(53)40-65-18-17-64-16-9-30-81-32-34-83-36-37-84-35-33-82-31-19-66-55(73)42-67-20-22-68(43-56(74)75)24-26-70(45-58(78)79)27-25-69(23-21-67)44-57(76)77/h7-8,10-15,38-39,48,64-65H,4-6,9,16-37,40-45H2,1-3H3,(H,66,73)(H,74,75)(H,76,77)(H,78,79)/t48-/m1/s1. The lowest BCUT2D eigenvalue weighted by atomic mass is 9.98. The van der Waals surface area contributed by atoms with E-state index in [0.717, 1.165) is 53.7 Å². The van der Waals surface area contributed by atoms with Crippen LogP contribution in [0.2, 0.25) is 0 Å². The van der Waals surface area contributed by atoms with Crippen molar-refractivity contribution in [3.05, 3.63) is 77.4 Å². The molecule has 2 heterocycles. The highest BCUT2D eigenvalue weighted by Gasteiger charge is 2.39. The molecule has 2 amide bonds. The number of carbonyl (C=O) groups is 5. The number of nitrogens with zero attached hydrogens (tertiary/aromatic N) is 6. The first-order valence-electron chi connectivity index (χ1n) is 29.8. The zero-order valence-corrected chi connectivity index (χ0v) is 50.1. The Balaban J connectivity index is 0.940. The molecule has 2 fully saturated rings. The van der Waals surface area contributed by atoms with Crippen LogP contribution in [0.25, 0.3) is 11.1 Å². The van der Waals surface area contributed by atoms with Gasteiger partial charge in [-0.2, -0.15) is 13.2 Å². The molecule has 2 aliphatic rings. The number of carboxylic acid groups (broad SMARTS) is 3. The summed E-state index contributed by atoms with van der Waals surface area (Å²) in [5.41, 5.74) is 2.61. The topological polar surface area (TPSA) is 257 Å². The molecule has 6 N–H and O–H groups in total. The Hall–Kier alpha value is -6.20. The van der Waals surface area contributed by atoms with Crippen molar-refractivity contribution in [1.29, 1.82) is 0 Å². The lowest BCUT2D eigenvalue weighted by Crippen LogP contribution is -2.55. The van der Waals surface area contributed by atoms with Gasteiger partial charge < -0.3 is 69.5 Å². The number of amides is 2. The number of para-hydroxylation sites is 1. The highest BCUT2D eigenvalue weighted by Crippen LogP contribution is 2.37. The van der Waals surface area contributed by atoms with Crippen molar-refractivity contribution in [2.45, 2.75) is 52.4 Å². The summed E-state index contributed by atoms with van der Waals surface area (Å²) in [6.07, 6.45) is -3.26. The highest BCUT2D eigenvalue weighted by molar-refractivity contribution is 5.96. The monoisotopic (exact) mass is 1220 g/mol. The van der Waals surface area contributed by atoms with Crippen molar-refractivity contribution < 1.29 is 80.9 Å². The number of hydrogen-bond donors (Lipinski definition) is 6. The van der Waals surface area contributed by atoms with Gasteiger partial charge in [0.15, 0.2) is 0 Å². The minimum atomic E-state index is -4.73. The van der Waals surface area contributed by atoms with Crippen molar-refractivity contribution in [2.75, 3.05) is 195 Å². The lowest BCUT2D eigenvalue weighted by molar-refractivity contribution is -0.140. The van der Waals surface area contributed by atoms with E-state index in [1.54, 1.807) is 21.6 Å². The molecule has 1 atom stereocenters. The first-order valence-corrected chi connectivity index (χ1v) is 29.8. The molecule has 3 aromatic carbocycles. The fraction of sp³-hybridized carbons (Fsp3) is 0.617. The molecule has 0 aromatic heterocycles. The van der Waals surface area contributed by atoms with Gasteiger partial charge in [-0.3, -0.25) is 43.6 Å². The van der Waals surface area contributed by atoms with Gasteiger partial charge in [-0.15, -0.1) is 0 Å². The Morgan fingerprint density at radius 1 is 0.581 bits per heavy atom. The van der Waals surface area contributed by atoms with E-state index in [1.165, 1.54) is 17.0 Å². The third kappa shape index (κ3) is 25.6. The molecule has 3 aromatic rings. The quantitative estimate of drug-likeness (QED) is 0.0451. The third-order valence-corrected chi connectivity index (χ3v) is 14.5. The SMILES string of the molecule is CCOc1ccc(C(=O)N2CCN(c3ccc(-c4ccccc4OCC)cc3CNCCNCCCOCCOCCOCCOCCNC(=O)CN3CCN(CC(=O)O)CCN(CC(=O)O)CCN(CC(=O)O)CC3)[C@H](CC)C2)c(C(F)(F)F)c1. The van der Waals surface area contributed by atoms with E-state index >= 15 is 0 Å². The lowest BCUT2D eigenvalue weighted by Gasteiger charge is -2.43. The highest BCUT2D eigenvalue weighted by atomic mass is 19.4. The summed E-state index contributed by atoms with van der Waals surface area (Å²) in [5.74, 6) is -3.14. The Kier molecular flexibility index (Phi) is 31.9.